The molecular formula is C21H28N6O3. The van der Waals surface area contributed by atoms with E-state index in [4.69, 9.17) is 10.5 Å². The Morgan fingerprint density at radius 2 is 1.97 bits per heavy atom. The molecule has 9 heteroatoms. The summed E-state index contributed by atoms with van der Waals surface area (Å²) < 4.78 is 7.32. The molecule has 0 bridgehead atoms. The molecule has 2 amide bonds. The lowest BCUT2D eigenvalue weighted by Gasteiger charge is -2.25. The van der Waals surface area contributed by atoms with Crippen LogP contribution in [0.2, 0.25) is 0 Å². The number of rotatable bonds is 4. The van der Waals surface area contributed by atoms with E-state index in [1.807, 2.05) is 13.2 Å². The molecule has 0 unspecified atom stereocenters. The van der Waals surface area contributed by atoms with Crippen molar-refractivity contribution in [2.24, 2.45) is 7.05 Å². The zero-order chi connectivity index (χ0) is 21.1. The first-order valence-electron chi connectivity index (χ1n) is 10.5. The molecule has 0 radical (unpaired) electrons. The summed E-state index contributed by atoms with van der Waals surface area (Å²) in [6, 6.07) is 1.58. The molecule has 2 fully saturated rings. The zero-order valence-electron chi connectivity index (χ0n) is 17.2. The first kappa shape index (κ1) is 20.2. The van der Waals surface area contributed by atoms with Crippen LogP contribution in [0, 0.1) is 0 Å². The van der Waals surface area contributed by atoms with Crippen molar-refractivity contribution < 1.29 is 14.3 Å². The Labute approximate surface area is 175 Å². The molecule has 160 valence electrons. The van der Waals surface area contributed by atoms with Crippen LogP contribution < -0.4 is 11.1 Å². The molecule has 2 aromatic heterocycles. The van der Waals surface area contributed by atoms with Crippen LogP contribution in [0.5, 0.6) is 0 Å². The topological polar surface area (TPSA) is 115 Å². The highest BCUT2D eigenvalue weighted by molar-refractivity contribution is 5.99. The van der Waals surface area contributed by atoms with Crippen LogP contribution in [0.4, 0.5) is 10.6 Å². The Bertz CT molecular complexity index is 921. The van der Waals surface area contributed by atoms with Crippen LogP contribution >= 0.6 is 0 Å². The zero-order valence-corrected chi connectivity index (χ0v) is 17.2. The molecule has 30 heavy (non-hydrogen) atoms. The molecule has 4 rings (SSSR count). The van der Waals surface area contributed by atoms with Gasteiger partial charge in [-0.15, -0.1) is 0 Å². The first-order chi connectivity index (χ1) is 14.5. The van der Waals surface area contributed by atoms with Gasteiger partial charge in [0.1, 0.15) is 11.9 Å². The fourth-order valence-electron chi connectivity index (χ4n) is 4.09. The predicted octanol–water partition coefficient (Wildman–Crippen LogP) is 2.34. The van der Waals surface area contributed by atoms with Gasteiger partial charge in [0.25, 0.3) is 5.91 Å². The van der Waals surface area contributed by atoms with Gasteiger partial charge in [0.05, 0.1) is 11.8 Å². The third kappa shape index (κ3) is 4.55. The van der Waals surface area contributed by atoms with Crippen LogP contribution in [0.3, 0.4) is 0 Å². The quantitative estimate of drug-likeness (QED) is 0.796. The molecule has 1 aliphatic carbocycles. The minimum Gasteiger partial charge on any atom is -0.446 e. The summed E-state index contributed by atoms with van der Waals surface area (Å²) >= 11 is 0. The highest BCUT2D eigenvalue weighted by atomic mass is 16.6. The summed E-state index contributed by atoms with van der Waals surface area (Å²) in [4.78, 5) is 31.1. The second kappa shape index (κ2) is 8.73. The Hall–Kier alpha value is -3.10. The summed E-state index contributed by atoms with van der Waals surface area (Å²) in [5, 5.41) is 7.13. The van der Waals surface area contributed by atoms with Crippen molar-refractivity contribution in [1.82, 2.24) is 25.0 Å². The minimum atomic E-state index is -0.293. The van der Waals surface area contributed by atoms with Crippen LogP contribution in [-0.4, -0.2) is 56.9 Å². The van der Waals surface area contributed by atoms with Gasteiger partial charge in [-0.1, -0.05) is 6.42 Å². The van der Waals surface area contributed by atoms with Gasteiger partial charge in [0, 0.05) is 49.7 Å². The lowest BCUT2D eigenvalue weighted by atomic mass is 9.98. The molecule has 1 saturated carbocycles. The average molecular weight is 412 g/mol. The van der Waals surface area contributed by atoms with E-state index in [-0.39, 0.29) is 30.0 Å². The number of aryl methyl sites for hydroxylation is 1. The maximum absolute atomic E-state index is 12.8. The van der Waals surface area contributed by atoms with Gasteiger partial charge >= 0.3 is 6.09 Å². The second-order valence-electron chi connectivity index (χ2n) is 8.11. The first-order valence-corrected chi connectivity index (χ1v) is 10.5. The fourth-order valence-corrected chi connectivity index (χ4v) is 4.09. The third-order valence-electron chi connectivity index (χ3n) is 5.80. The van der Waals surface area contributed by atoms with Gasteiger partial charge in [0.2, 0.25) is 0 Å². The summed E-state index contributed by atoms with van der Waals surface area (Å²) in [5.41, 5.74) is 7.90. The summed E-state index contributed by atoms with van der Waals surface area (Å²) in [7, 11) is 1.83. The summed E-state index contributed by atoms with van der Waals surface area (Å²) in [6.45, 7) is 1.01. The second-order valence-corrected chi connectivity index (χ2v) is 8.11. The Morgan fingerprint density at radius 3 is 2.70 bits per heavy atom. The number of amides is 2. The highest BCUT2D eigenvalue weighted by Crippen LogP contribution is 2.23. The minimum absolute atomic E-state index is 0.0287. The number of nitrogen functional groups attached to an aromatic ring is 1. The van der Waals surface area contributed by atoms with E-state index in [9.17, 15) is 9.59 Å². The van der Waals surface area contributed by atoms with Crippen molar-refractivity contribution in [2.45, 2.75) is 50.7 Å². The van der Waals surface area contributed by atoms with E-state index in [2.05, 4.69) is 15.4 Å². The van der Waals surface area contributed by atoms with Crippen molar-refractivity contribution in [3.05, 3.63) is 30.2 Å². The smallest absolute Gasteiger partial charge is 0.410 e. The molecule has 0 aromatic carbocycles. The lowest BCUT2D eigenvalue weighted by Crippen LogP contribution is -2.39. The number of nitrogens with zero attached hydrogens (tertiary/aromatic N) is 4. The van der Waals surface area contributed by atoms with Crippen LogP contribution in [-0.2, 0) is 11.8 Å². The standard InChI is InChI=1S/C21H28N6O3/c1-26-12-15(11-24-26)14-9-18(19(22)23-10-14)20(28)25-16-7-8-27(13-16)21(29)30-17-5-3-2-4-6-17/h9-12,16-17H,2-8,13H2,1H3,(H2,22,23)(H,25,28)/t16-/m1/s1. The van der Waals surface area contributed by atoms with Crippen molar-refractivity contribution in [1.29, 1.82) is 0 Å². The van der Waals surface area contributed by atoms with Crippen LogP contribution in [0.1, 0.15) is 48.9 Å². The predicted molar refractivity (Wildman–Crippen MR) is 112 cm³/mol. The van der Waals surface area contributed by atoms with E-state index in [1.54, 1.807) is 28.0 Å². The van der Waals surface area contributed by atoms with Crippen molar-refractivity contribution in [3.8, 4) is 11.1 Å². The van der Waals surface area contributed by atoms with E-state index >= 15 is 0 Å². The number of nitrogens with one attached hydrogen (secondary N) is 1. The number of carbonyl (C=O) groups excluding carboxylic acids is 2. The van der Waals surface area contributed by atoms with E-state index in [0.29, 0.717) is 25.1 Å². The summed E-state index contributed by atoms with van der Waals surface area (Å²) in [6.07, 6.45) is 10.9. The van der Waals surface area contributed by atoms with Crippen LogP contribution in [0.15, 0.2) is 24.7 Å². The number of pyridine rings is 1. The SMILES string of the molecule is Cn1cc(-c2cnc(N)c(C(=O)N[C@@H]3CCN(C(=O)OC4CCCCC4)C3)c2)cn1. The number of hydrogen-bond acceptors (Lipinski definition) is 6. The normalized spacial score (nSPS) is 19.6. The monoisotopic (exact) mass is 412 g/mol. The largest absolute Gasteiger partial charge is 0.446 e. The molecule has 2 aromatic rings. The van der Waals surface area contributed by atoms with E-state index < -0.39 is 0 Å². The molecule has 3 N–H and O–H groups in total. The van der Waals surface area contributed by atoms with Gasteiger partial charge in [0.15, 0.2) is 0 Å². The number of aromatic nitrogens is 3. The molecule has 0 spiro atoms. The third-order valence-corrected chi connectivity index (χ3v) is 5.80. The molecule has 3 heterocycles. The number of hydrogen-bond donors (Lipinski definition) is 2. The van der Waals surface area contributed by atoms with E-state index in [1.165, 1.54) is 6.42 Å². The number of carbonyl (C=O) groups is 2. The fraction of sp³-hybridized carbons (Fsp3) is 0.524. The maximum Gasteiger partial charge on any atom is 0.410 e. The number of anilines is 1. The lowest BCUT2D eigenvalue weighted by molar-refractivity contribution is 0.0502. The number of nitrogens with two attached hydrogens (primary N) is 1. The van der Waals surface area contributed by atoms with Gasteiger partial charge < -0.3 is 20.7 Å². The number of likely N-dealkylation sites (tertiary alicyclic amines) is 1. The Balaban J connectivity index is 1.35. The van der Waals surface area contributed by atoms with Crippen LogP contribution in [0.25, 0.3) is 11.1 Å². The van der Waals surface area contributed by atoms with Gasteiger partial charge in [-0.25, -0.2) is 9.78 Å². The van der Waals surface area contributed by atoms with Gasteiger partial charge in [-0.3, -0.25) is 9.48 Å². The maximum atomic E-state index is 12.8. The van der Waals surface area contributed by atoms with Gasteiger partial charge in [-0.05, 0) is 38.2 Å². The molecule has 1 aliphatic heterocycles. The molecule has 1 saturated heterocycles. The molecule has 2 aliphatic rings. The average Bonchev–Trinajstić information content (AvgIpc) is 3.38. The molecule has 9 nitrogen and oxygen atoms in total. The number of ether oxygens (including phenoxy) is 1. The Kier molecular flexibility index (Phi) is 5.87. The van der Waals surface area contributed by atoms with Gasteiger partial charge in [-0.2, -0.15) is 5.10 Å². The highest BCUT2D eigenvalue weighted by Gasteiger charge is 2.30. The summed E-state index contributed by atoms with van der Waals surface area (Å²) in [5.74, 6) is -0.120. The Morgan fingerprint density at radius 1 is 1.17 bits per heavy atom. The molecular weight excluding hydrogens is 384 g/mol. The van der Waals surface area contributed by atoms with Crippen molar-refractivity contribution in [2.75, 3.05) is 18.8 Å². The van der Waals surface area contributed by atoms with Crippen molar-refractivity contribution >= 4 is 17.8 Å². The van der Waals surface area contributed by atoms with Crippen molar-refractivity contribution in [3.63, 3.8) is 0 Å². The van der Waals surface area contributed by atoms with E-state index in [0.717, 1.165) is 36.8 Å². The molecule has 1 atom stereocenters.